The lowest BCUT2D eigenvalue weighted by Crippen LogP contribution is -2.32. The van der Waals surface area contributed by atoms with E-state index in [-0.39, 0.29) is 0 Å². The van der Waals surface area contributed by atoms with Crippen molar-refractivity contribution >= 4 is 11.5 Å². The molecule has 0 radical (unpaired) electrons. The fraction of sp³-hybridized carbons (Fsp3) is 0.0417. The molecule has 52 heavy (non-hydrogen) atoms. The minimum absolute atomic E-state index is 0.370. The lowest BCUT2D eigenvalue weighted by atomic mass is 9.66. The van der Waals surface area contributed by atoms with Crippen LogP contribution in [0.1, 0.15) is 44.5 Å². The number of para-hydroxylation sites is 1. The average molecular weight is 668 g/mol. The van der Waals surface area contributed by atoms with Crippen molar-refractivity contribution in [2.75, 3.05) is 0 Å². The fourth-order valence-electron chi connectivity index (χ4n) is 7.84. The van der Waals surface area contributed by atoms with Crippen molar-refractivity contribution in [3.05, 3.63) is 220 Å². The van der Waals surface area contributed by atoms with Crippen molar-refractivity contribution in [2.45, 2.75) is 11.8 Å². The molecule has 0 saturated carbocycles. The van der Waals surface area contributed by atoms with Gasteiger partial charge in [0.25, 0.3) is 0 Å². The number of rotatable bonds is 6. The van der Waals surface area contributed by atoms with E-state index in [1.165, 1.54) is 33.4 Å². The zero-order chi connectivity index (χ0) is 35.1. The van der Waals surface area contributed by atoms with Gasteiger partial charge in [-0.1, -0.05) is 140 Å². The summed E-state index contributed by atoms with van der Waals surface area (Å²) in [5.74, 6) is 1.99. The highest BCUT2D eigenvalue weighted by Gasteiger charge is 2.50. The van der Waals surface area contributed by atoms with Crippen LogP contribution in [0, 0.1) is 11.3 Å². The number of aliphatic imine (C=N–C) groups is 1. The number of hydrogen-bond donors (Lipinski definition) is 1. The molecular formula is C48H33N3O. The van der Waals surface area contributed by atoms with Gasteiger partial charge in [0.1, 0.15) is 17.3 Å². The van der Waals surface area contributed by atoms with E-state index < -0.39 is 5.41 Å². The number of hydrogen-bond acceptors (Lipinski definition) is 3. The molecule has 0 saturated heterocycles. The summed E-state index contributed by atoms with van der Waals surface area (Å²) in [4.78, 5) is 5.02. The highest BCUT2D eigenvalue weighted by atomic mass is 16.5. The molecule has 0 amide bonds. The molecule has 4 nitrogen and oxygen atoms in total. The maximum Gasteiger partial charge on any atom is 0.132 e. The summed E-state index contributed by atoms with van der Waals surface area (Å²) in [5, 5.41) is 9.33. The number of fused-ring (bicyclic) bond motifs is 9. The minimum Gasteiger partial charge on any atom is -0.457 e. The Bertz CT molecular complexity index is 2530. The fourth-order valence-corrected chi connectivity index (χ4v) is 7.84. The van der Waals surface area contributed by atoms with Gasteiger partial charge in [-0.3, -0.25) is 0 Å². The third-order valence-electron chi connectivity index (χ3n) is 10.3. The van der Waals surface area contributed by atoms with Gasteiger partial charge in [0.05, 0.1) is 22.7 Å². The second-order valence-corrected chi connectivity index (χ2v) is 13.2. The van der Waals surface area contributed by atoms with E-state index in [0.29, 0.717) is 17.8 Å². The van der Waals surface area contributed by atoms with Crippen LogP contribution in [0.4, 0.5) is 0 Å². The van der Waals surface area contributed by atoms with E-state index in [0.717, 1.165) is 45.0 Å². The van der Waals surface area contributed by atoms with Crippen LogP contribution in [0.25, 0.3) is 28.0 Å². The van der Waals surface area contributed by atoms with Crippen LogP contribution in [-0.4, -0.2) is 5.84 Å². The van der Waals surface area contributed by atoms with Gasteiger partial charge in [0, 0.05) is 22.3 Å². The number of nitriles is 1. The summed E-state index contributed by atoms with van der Waals surface area (Å²) >= 11 is 0. The third-order valence-corrected chi connectivity index (χ3v) is 10.3. The summed E-state index contributed by atoms with van der Waals surface area (Å²) in [6.07, 6.45) is 2.78. The van der Waals surface area contributed by atoms with Crippen molar-refractivity contribution in [3.8, 4) is 39.8 Å². The summed E-state index contributed by atoms with van der Waals surface area (Å²) in [6, 6.07) is 60.7. The number of benzene rings is 7. The van der Waals surface area contributed by atoms with E-state index in [1.54, 1.807) is 12.1 Å². The Morgan fingerprint density at radius 1 is 0.596 bits per heavy atom. The third kappa shape index (κ3) is 5.11. The molecule has 1 aliphatic carbocycles. The molecule has 2 N–H and O–H groups in total. The van der Waals surface area contributed by atoms with E-state index in [2.05, 4.69) is 146 Å². The molecule has 1 aliphatic heterocycles. The van der Waals surface area contributed by atoms with Gasteiger partial charge in [0.15, 0.2) is 0 Å². The van der Waals surface area contributed by atoms with E-state index in [4.69, 9.17) is 15.5 Å². The molecule has 0 bridgehead atoms. The van der Waals surface area contributed by atoms with Gasteiger partial charge in [-0.05, 0) is 81.8 Å². The van der Waals surface area contributed by atoms with Crippen LogP contribution in [0.2, 0.25) is 0 Å². The highest BCUT2D eigenvalue weighted by molar-refractivity contribution is 6.01. The zero-order valence-corrected chi connectivity index (χ0v) is 28.3. The molecule has 2 aliphatic rings. The normalized spacial score (nSPS) is 13.7. The first-order valence-electron chi connectivity index (χ1n) is 17.4. The zero-order valence-electron chi connectivity index (χ0n) is 28.3. The topological polar surface area (TPSA) is 71.4 Å². The van der Waals surface area contributed by atoms with Crippen LogP contribution in [0.3, 0.4) is 0 Å². The Balaban J connectivity index is 1.17. The summed E-state index contributed by atoms with van der Waals surface area (Å²) in [7, 11) is 0. The minimum atomic E-state index is -0.537. The largest absolute Gasteiger partial charge is 0.457 e. The molecule has 246 valence electrons. The van der Waals surface area contributed by atoms with Gasteiger partial charge < -0.3 is 10.5 Å². The van der Waals surface area contributed by atoms with E-state index in [9.17, 15) is 5.26 Å². The van der Waals surface area contributed by atoms with E-state index >= 15 is 0 Å². The second kappa shape index (κ2) is 12.7. The molecule has 1 heterocycles. The monoisotopic (exact) mass is 667 g/mol. The Labute approximate surface area is 303 Å². The second-order valence-electron chi connectivity index (χ2n) is 13.2. The van der Waals surface area contributed by atoms with Crippen molar-refractivity contribution in [2.24, 2.45) is 10.7 Å². The Morgan fingerprint density at radius 3 is 1.87 bits per heavy atom. The molecule has 7 aromatic rings. The maximum atomic E-state index is 9.33. The molecule has 0 aromatic heterocycles. The van der Waals surface area contributed by atoms with Crippen molar-refractivity contribution in [1.29, 1.82) is 5.26 Å². The molecule has 0 unspecified atom stereocenters. The Morgan fingerprint density at radius 2 is 1.17 bits per heavy atom. The SMILES string of the molecule is N#Cc1ccc(C(N)=N/C(=C\Cc2ccc(-c3ccccc3)cc2)c2ccc3c(c2)Oc2ccccc2C32c3ccccc3-c3ccccc32)cc1. The first-order valence-corrected chi connectivity index (χ1v) is 17.4. The summed E-state index contributed by atoms with van der Waals surface area (Å²) in [5.41, 5.74) is 19.8. The molecule has 0 atom stereocenters. The molecule has 9 rings (SSSR count). The Hall–Kier alpha value is -6.96. The van der Waals surface area contributed by atoms with Crippen LogP contribution in [0.5, 0.6) is 11.5 Å². The first-order chi connectivity index (χ1) is 25.6. The highest BCUT2D eigenvalue weighted by Crippen LogP contribution is 2.62. The van der Waals surface area contributed by atoms with Gasteiger partial charge >= 0.3 is 0 Å². The van der Waals surface area contributed by atoms with Crippen LogP contribution < -0.4 is 10.5 Å². The molecule has 7 aromatic carbocycles. The number of nitrogens with two attached hydrogens (primary N) is 1. The summed E-state index contributed by atoms with van der Waals surface area (Å²) in [6.45, 7) is 0. The predicted molar refractivity (Wildman–Crippen MR) is 209 cm³/mol. The number of allylic oxidation sites excluding steroid dienone is 1. The van der Waals surface area contributed by atoms with Gasteiger partial charge in [0.2, 0.25) is 0 Å². The van der Waals surface area contributed by atoms with Crippen molar-refractivity contribution in [3.63, 3.8) is 0 Å². The van der Waals surface area contributed by atoms with E-state index in [1.807, 2.05) is 24.3 Å². The van der Waals surface area contributed by atoms with Crippen molar-refractivity contribution in [1.82, 2.24) is 0 Å². The van der Waals surface area contributed by atoms with Crippen molar-refractivity contribution < 1.29 is 4.74 Å². The first kappa shape index (κ1) is 31.1. The predicted octanol–water partition coefficient (Wildman–Crippen LogP) is 10.7. The standard InChI is InChI=1S/C48H33N3O/c49-31-33-20-25-36(26-21-33)47(50)51-44(29-22-32-18-23-35(24-19-32)34-10-2-1-3-11-34)37-27-28-43-46(30-37)52-45-17-9-8-16-42(45)48(43)40-14-6-4-12-38(40)39-13-5-7-15-41(39)48/h1-21,23-30H,22H2,(H2,50,51)/b44-29-. The lowest BCUT2D eigenvalue weighted by Gasteiger charge is -2.39. The average Bonchev–Trinajstić information content (AvgIpc) is 3.50. The molecule has 1 spiro atoms. The lowest BCUT2D eigenvalue weighted by molar-refractivity contribution is 0.436. The number of nitrogens with zero attached hydrogens (tertiary/aromatic N) is 2. The maximum absolute atomic E-state index is 9.33. The Kier molecular flexibility index (Phi) is 7.60. The number of amidine groups is 1. The molecular weight excluding hydrogens is 635 g/mol. The quantitative estimate of drug-likeness (QED) is 0.142. The van der Waals surface area contributed by atoms with Crippen LogP contribution >= 0.6 is 0 Å². The van der Waals surface area contributed by atoms with Gasteiger partial charge in [-0.25, -0.2) is 4.99 Å². The molecule has 4 heteroatoms. The smallest absolute Gasteiger partial charge is 0.132 e. The summed E-state index contributed by atoms with van der Waals surface area (Å²) < 4.78 is 6.78. The van der Waals surface area contributed by atoms with Gasteiger partial charge in [-0.15, -0.1) is 0 Å². The molecule has 0 fully saturated rings. The number of ether oxygens (including phenoxy) is 1. The van der Waals surface area contributed by atoms with Crippen LogP contribution in [-0.2, 0) is 11.8 Å². The van der Waals surface area contributed by atoms with Crippen LogP contribution in [0.15, 0.2) is 181 Å². The van der Waals surface area contributed by atoms with Gasteiger partial charge in [-0.2, -0.15) is 5.26 Å².